The zero-order valence-corrected chi connectivity index (χ0v) is 11.7. The molecule has 122 valence electrons. The summed E-state index contributed by atoms with van der Waals surface area (Å²) in [6.07, 6.45) is -6.96. The highest BCUT2D eigenvalue weighted by Gasteiger charge is 2.52. The Morgan fingerprint density at radius 2 is 1.91 bits per heavy atom. The summed E-state index contributed by atoms with van der Waals surface area (Å²) >= 11 is 0. The normalized spacial score (nSPS) is 30.6. The minimum absolute atomic E-state index is 0.0324. The molecule has 1 heterocycles. The highest BCUT2D eigenvalue weighted by atomic mass is 19.4. The van der Waals surface area contributed by atoms with Gasteiger partial charge in [-0.05, 0) is 23.6 Å². The van der Waals surface area contributed by atoms with Crippen molar-refractivity contribution in [2.24, 2.45) is 5.92 Å². The van der Waals surface area contributed by atoms with Crippen LogP contribution in [-0.4, -0.2) is 18.9 Å². The van der Waals surface area contributed by atoms with E-state index in [4.69, 9.17) is 4.74 Å². The fourth-order valence-electron chi connectivity index (χ4n) is 3.54. The molecule has 1 nitrogen and oxygen atoms in total. The molecule has 0 radical (unpaired) electrons. The van der Waals surface area contributed by atoms with Gasteiger partial charge in [-0.3, -0.25) is 0 Å². The minimum atomic E-state index is -4.50. The lowest BCUT2D eigenvalue weighted by molar-refractivity contribution is -0.215. The van der Waals surface area contributed by atoms with Crippen LogP contribution in [0, 0.1) is 11.7 Å². The summed E-state index contributed by atoms with van der Waals surface area (Å²) in [5, 5.41) is 0. The van der Waals surface area contributed by atoms with Gasteiger partial charge < -0.3 is 4.74 Å². The summed E-state index contributed by atoms with van der Waals surface area (Å²) in [6.45, 7) is 1.19. The molecule has 0 bridgehead atoms. The van der Waals surface area contributed by atoms with E-state index in [1.165, 1.54) is 13.0 Å². The Labute approximate surface area is 123 Å². The monoisotopic (exact) mass is 324 g/mol. The molecular weight excluding hydrogens is 310 g/mol. The largest absolute Gasteiger partial charge is 0.414 e. The molecule has 1 saturated heterocycles. The van der Waals surface area contributed by atoms with Gasteiger partial charge in [0, 0.05) is 18.3 Å². The average molecular weight is 324 g/mol. The minimum Gasteiger partial charge on any atom is -0.368 e. The zero-order chi connectivity index (χ0) is 16.3. The first-order chi connectivity index (χ1) is 10.1. The third-order valence-corrected chi connectivity index (χ3v) is 4.64. The quantitative estimate of drug-likeness (QED) is 0.689. The molecule has 1 aliphatic heterocycles. The summed E-state index contributed by atoms with van der Waals surface area (Å²) in [4.78, 5) is 0. The maximum Gasteiger partial charge on any atom is 0.414 e. The lowest BCUT2D eigenvalue weighted by atomic mass is 9.83. The number of hydrogen-bond acceptors (Lipinski definition) is 1. The third-order valence-electron chi connectivity index (χ3n) is 4.64. The highest BCUT2D eigenvalue weighted by Crippen LogP contribution is 2.49. The van der Waals surface area contributed by atoms with Crippen molar-refractivity contribution in [3.8, 4) is 0 Å². The fraction of sp³-hybridized carbons (Fsp3) is 0.600. The fourth-order valence-corrected chi connectivity index (χ4v) is 3.54. The van der Waals surface area contributed by atoms with Gasteiger partial charge in [0.2, 0.25) is 0 Å². The Balaban J connectivity index is 2.00. The summed E-state index contributed by atoms with van der Waals surface area (Å²) in [6, 6.07) is 2.24. The van der Waals surface area contributed by atoms with E-state index in [2.05, 4.69) is 0 Å². The van der Waals surface area contributed by atoms with Gasteiger partial charge in [-0.15, -0.1) is 0 Å². The van der Waals surface area contributed by atoms with Gasteiger partial charge in [0.1, 0.15) is 5.82 Å². The predicted molar refractivity (Wildman–Crippen MR) is 66.3 cm³/mol. The first kappa shape index (κ1) is 15.6. The molecule has 0 saturated carbocycles. The Morgan fingerprint density at radius 3 is 2.50 bits per heavy atom. The van der Waals surface area contributed by atoms with E-state index in [1.54, 1.807) is 0 Å². The zero-order valence-electron chi connectivity index (χ0n) is 11.7. The maximum atomic E-state index is 13.8. The molecular formula is C15H14F6O. The lowest BCUT2D eigenvalue weighted by Gasteiger charge is -2.22. The molecule has 1 aromatic carbocycles. The first-order valence-corrected chi connectivity index (χ1v) is 7.01. The van der Waals surface area contributed by atoms with Crippen LogP contribution in [0.25, 0.3) is 0 Å². The molecule has 3 atom stereocenters. The van der Waals surface area contributed by atoms with Gasteiger partial charge >= 0.3 is 6.18 Å². The SMILES string of the molecule is CC1C(c2ccc(F)c3c2CCC3(F)F)COC1C(F)(F)F. The van der Waals surface area contributed by atoms with Crippen LogP contribution in [0.4, 0.5) is 26.3 Å². The number of alkyl halides is 5. The van der Waals surface area contributed by atoms with Crippen molar-refractivity contribution in [1.82, 2.24) is 0 Å². The molecule has 0 amide bonds. The molecule has 7 heteroatoms. The average Bonchev–Trinajstić information content (AvgIpc) is 2.91. The van der Waals surface area contributed by atoms with Crippen LogP contribution in [0.1, 0.15) is 36.0 Å². The Hall–Kier alpha value is -1.24. The number of benzene rings is 1. The number of halogens is 6. The van der Waals surface area contributed by atoms with Crippen molar-refractivity contribution in [1.29, 1.82) is 0 Å². The maximum absolute atomic E-state index is 13.8. The topological polar surface area (TPSA) is 9.23 Å². The van der Waals surface area contributed by atoms with Crippen LogP contribution in [0.3, 0.4) is 0 Å². The van der Waals surface area contributed by atoms with Crippen molar-refractivity contribution in [2.75, 3.05) is 6.61 Å². The van der Waals surface area contributed by atoms with Gasteiger partial charge in [-0.1, -0.05) is 13.0 Å². The van der Waals surface area contributed by atoms with Crippen LogP contribution in [-0.2, 0) is 17.1 Å². The van der Waals surface area contributed by atoms with E-state index in [9.17, 15) is 26.3 Å². The van der Waals surface area contributed by atoms with E-state index in [0.29, 0.717) is 5.56 Å². The van der Waals surface area contributed by atoms with Crippen LogP contribution in [0.2, 0.25) is 0 Å². The number of rotatable bonds is 1. The summed E-state index contributed by atoms with van der Waals surface area (Å²) in [5.41, 5.74) is -0.159. The molecule has 1 aliphatic carbocycles. The van der Waals surface area contributed by atoms with E-state index in [-0.39, 0.29) is 18.6 Å². The van der Waals surface area contributed by atoms with Crippen LogP contribution in [0.5, 0.6) is 0 Å². The Kier molecular flexibility index (Phi) is 3.47. The van der Waals surface area contributed by atoms with Crippen molar-refractivity contribution in [3.05, 3.63) is 34.6 Å². The number of fused-ring (bicyclic) bond motifs is 1. The predicted octanol–water partition coefficient (Wildman–Crippen LogP) is 4.54. The first-order valence-electron chi connectivity index (χ1n) is 7.01. The van der Waals surface area contributed by atoms with Crippen molar-refractivity contribution < 1.29 is 31.1 Å². The molecule has 3 rings (SSSR count). The molecule has 0 aromatic heterocycles. The van der Waals surface area contributed by atoms with E-state index in [0.717, 1.165) is 6.07 Å². The van der Waals surface area contributed by atoms with Crippen LogP contribution >= 0.6 is 0 Å². The van der Waals surface area contributed by atoms with Gasteiger partial charge in [0.05, 0.1) is 12.2 Å². The molecule has 3 unspecified atom stereocenters. The molecule has 2 aliphatic rings. The van der Waals surface area contributed by atoms with Gasteiger partial charge in [0.15, 0.2) is 6.10 Å². The van der Waals surface area contributed by atoms with Crippen molar-refractivity contribution >= 4 is 0 Å². The summed E-state index contributed by atoms with van der Waals surface area (Å²) in [7, 11) is 0. The van der Waals surface area contributed by atoms with Crippen LogP contribution < -0.4 is 0 Å². The Morgan fingerprint density at radius 1 is 1.23 bits per heavy atom. The summed E-state index contributed by atoms with van der Waals surface area (Å²) < 4.78 is 84.7. The van der Waals surface area contributed by atoms with Crippen molar-refractivity contribution in [2.45, 2.75) is 43.9 Å². The van der Waals surface area contributed by atoms with E-state index in [1.807, 2.05) is 0 Å². The van der Waals surface area contributed by atoms with E-state index >= 15 is 0 Å². The van der Waals surface area contributed by atoms with Gasteiger partial charge in [0.25, 0.3) is 5.92 Å². The molecule has 1 aromatic rings. The second-order valence-corrected chi connectivity index (χ2v) is 5.96. The molecule has 0 N–H and O–H groups in total. The van der Waals surface area contributed by atoms with Crippen LogP contribution in [0.15, 0.2) is 12.1 Å². The number of ether oxygens (including phenoxy) is 1. The van der Waals surface area contributed by atoms with Crippen molar-refractivity contribution in [3.63, 3.8) is 0 Å². The lowest BCUT2D eigenvalue weighted by Crippen LogP contribution is -2.33. The third kappa shape index (κ3) is 2.30. The summed E-state index contributed by atoms with van der Waals surface area (Å²) in [5.74, 6) is -5.82. The van der Waals surface area contributed by atoms with Gasteiger partial charge in [-0.25, -0.2) is 13.2 Å². The van der Waals surface area contributed by atoms with Gasteiger partial charge in [-0.2, -0.15) is 13.2 Å². The molecule has 22 heavy (non-hydrogen) atoms. The second-order valence-electron chi connectivity index (χ2n) is 5.96. The standard InChI is InChI=1S/C15H14F6O/c1-7-10(6-22-13(7)15(19,20)21)8-2-3-11(16)12-9(8)4-5-14(12,17)18/h2-3,7,10,13H,4-6H2,1H3. The second kappa shape index (κ2) is 4.88. The number of hydrogen-bond donors (Lipinski definition) is 0. The molecule has 1 fully saturated rings. The highest BCUT2D eigenvalue weighted by molar-refractivity contribution is 5.45. The molecule has 0 spiro atoms. The van der Waals surface area contributed by atoms with E-state index < -0.39 is 47.8 Å². The Bertz CT molecular complexity index is 594. The smallest absolute Gasteiger partial charge is 0.368 e.